The number of anilines is 1. The van der Waals surface area contributed by atoms with Gasteiger partial charge in [-0.3, -0.25) is 4.72 Å². The number of nitrogens with one attached hydrogen (secondary N) is 2. The molecule has 0 atom stereocenters. The third kappa shape index (κ3) is 4.44. The van der Waals surface area contributed by atoms with Crippen LogP contribution in [0, 0.1) is 23.0 Å². The Hall–Kier alpha value is -3.39. The van der Waals surface area contributed by atoms with E-state index in [1.165, 1.54) is 6.20 Å². The van der Waals surface area contributed by atoms with Gasteiger partial charge in [0, 0.05) is 24.9 Å². The van der Waals surface area contributed by atoms with Gasteiger partial charge in [0.2, 0.25) is 0 Å². The number of hydrogen-bond acceptors (Lipinski definition) is 3. The fraction of sp³-hybridized carbons (Fsp3) is 0.105. The minimum absolute atomic E-state index is 0.0963. The van der Waals surface area contributed by atoms with E-state index >= 15 is 0 Å². The predicted octanol–water partition coefficient (Wildman–Crippen LogP) is 4.57. The van der Waals surface area contributed by atoms with Crippen molar-refractivity contribution in [1.82, 2.24) is 4.98 Å². The molecule has 156 valence electrons. The summed E-state index contributed by atoms with van der Waals surface area (Å²) in [6.07, 6.45) is -2.56. The normalized spacial score (nSPS) is 11.9. The second-order valence-electron chi connectivity index (χ2n) is 6.25. The first-order chi connectivity index (χ1) is 14.0. The van der Waals surface area contributed by atoms with E-state index in [9.17, 15) is 30.4 Å². The van der Waals surface area contributed by atoms with Gasteiger partial charge < -0.3 is 4.98 Å². The molecule has 11 heteroatoms. The summed E-state index contributed by atoms with van der Waals surface area (Å²) in [6, 6.07) is 8.40. The van der Waals surface area contributed by atoms with Crippen LogP contribution >= 0.6 is 0 Å². The number of halogens is 5. The highest BCUT2D eigenvalue weighted by Gasteiger charge is 2.35. The van der Waals surface area contributed by atoms with Crippen molar-refractivity contribution in [3.05, 3.63) is 82.7 Å². The number of nitriles is 1. The quantitative estimate of drug-likeness (QED) is 0.569. The van der Waals surface area contributed by atoms with Gasteiger partial charge in [-0.25, -0.2) is 17.2 Å². The minimum Gasteiger partial charge on any atom is -0.366 e. The van der Waals surface area contributed by atoms with E-state index in [4.69, 9.17) is 5.26 Å². The average Bonchev–Trinajstić information content (AvgIpc) is 3.12. The Balaban J connectivity index is 1.92. The molecule has 5 nitrogen and oxygen atoms in total. The lowest BCUT2D eigenvalue weighted by atomic mass is 10.1. The maximum absolute atomic E-state index is 14.0. The molecular weight excluding hydrogens is 429 g/mol. The van der Waals surface area contributed by atoms with Crippen molar-refractivity contribution in [1.29, 1.82) is 5.26 Å². The molecule has 30 heavy (non-hydrogen) atoms. The topological polar surface area (TPSA) is 85.8 Å². The largest absolute Gasteiger partial charge is 0.419 e. The summed E-state index contributed by atoms with van der Waals surface area (Å²) in [7, 11) is -4.46. The average molecular weight is 441 g/mol. The summed E-state index contributed by atoms with van der Waals surface area (Å²) >= 11 is 0. The fourth-order valence-corrected chi connectivity index (χ4v) is 4.04. The lowest BCUT2D eigenvalue weighted by Crippen LogP contribution is -2.16. The molecule has 2 N–H and O–H groups in total. The van der Waals surface area contributed by atoms with Crippen molar-refractivity contribution in [2.75, 3.05) is 4.72 Å². The zero-order chi connectivity index (χ0) is 22.1. The molecule has 0 unspecified atom stereocenters. The number of sulfonamides is 1. The molecule has 3 rings (SSSR count). The summed E-state index contributed by atoms with van der Waals surface area (Å²) < 4.78 is 92.8. The second-order valence-corrected chi connectivity index (χ2v) is 7.90. The van der Waals surface area contributed by atoms with Crippen LogP contribution in [-0.4, -0.2) is 13.4 Å². The van der Waals surface area contributed by atoms with Crippen LogP contribution in [0.2, 0.25) is 0 Å². The first kappa shape index (κ1) is 21.3. The molecular formula is C19H12F5N3O2S. The van der Waals surface area contributed by atoms with Crippen molar-refractivity contribution in [2.24, 2.45) is 0 Å². The maximum atomic E-state index is 14.0. The van der Waals surface area contributed by atoms with Crippen molar-refractivity contribution in [3.63, 3.8) is 0 Å². The Bertz CT molecular complexity index is 1240. The zero-order valence-electron chi connectivity index (χ0n) is 14.9. The first-order valence-corrected chi connectivity index (χ1v) is 9.73. The van der Waals surface area contributed by atoms with Crippen LogP contribution in [0.25, 0.3) is 0 Å². The number of aromatic amines is 1. The first-order valence-electron chi connectivity index (χ1n) is 8.25. The predicted molar refractivity (Wildman–Crippen MR) is 96.9 cm³/mol. The van der Waals surface area contributed by atoms with Gasteiger partial charge in [0.1, 0.15) is 16.5 Å². The summed E-state index contributed by atoms with van der Waals surface area (Å²) in [4.78, 5) is 2.29. The van der Waals surface area contributed by atoms with Crippen LogP contribution in [0.15, 0.2) is 53.7 Å². The summed E-state index contributed by atoms with van der Waals surface area (Å²) in [5.74, 6) is -3.39. The van der Waals surface area contributed by atoms with Crippen LogP contribution in [0.4, 0.5) is 27.6 Å². The van der Waals surface area contributed by atoms with Gasteiger partial charge in [0.15, 0.2) is 0 Å². The molecule has 0 aliphatic carbocycles. The fourth-order valence-electron chi connectivity index (χ4n) is 2.78. The third-order valence-electron chi connectivity index (χ3n) is 4.14. The Kier molecular flexibility index (Phi) is 5.54. The van der Waals surface area contributed by atoms with Gasteiger partial charge in [0.05, 0.1) is 22.9 Å². The summed E-state index contributed by atoms with van der Waals surface area (Å²) in [5, 5.41) is 8.96. The molecule has 0 aliphatic heterocycles. The van der Waals surface area contributed by atoms with Crippen molar-refractivity contribution in [3.8, 4) is 6.07 Å². The lowest BCUT2D eigenvalue weighted by molar-refractivity contribution is -0.140. The highest BCUT2D eigenvalue weighted by molar-refractivity contribution is 7.92. The van der Waals surface area contributed by atoms with E-state index < -0.39 is 39.1 Å². The Morgan fingerprint density at radius 3 is 2.47 bits per heavy atom. The van der Waals surface area contributed by atoms with Gasteiger partial charge in [0.25, 0.3) is 10.0 Å². The molecule has 0 spiro atoms. The molecule has 0 fully saturated rings. The van der Waals surface area contributed by atoms with E-state index in [1.807, 2.05) is 6.07 Å². The molecule has 0 amide bonds. The van der Waals surface area contributed by atoms with Gasteiger partial charge in [-0.15, -0.1) is 0 Å². The standard InChI is InChI=1S/C19H12F5N3O2S/c20-15-7-17(16(21)6-14(15)19(22,23)24)27-30(28,29)18-10-26-9-13(18)5-11-2-1-3-12(4-11)8-25/h1-4,6-7,9-10,26-27H,5H2. The van der Waals surface area contributed by atoms with Gasteiger partial charge in [-0.1, -0.05) is 12.1 Å². The summed E-state index contributed by atoms with van der Waals surface area (Å²) in [5.41, 5.74) is -1.56. The molecule has 0 radical (unpaired) electrons. The molecule has 3 aromatic rings. The SMILES string of the molecule is N#Cc1cccc(Cc2c[nH]cc2S(=O)(=O)Nc2cc(F)c(C(F)(F)F)cc2F)c1. The van der Waals surface area contributed by atoms with Gasteiger partial charge in [-0.05, 0) is 29.3 Å². The molecule has 0 bridgehead atoms. The van der Waals surface area contributed by atoms with E-state index in [2.05, 4.69) is 4.98 Å². The molecule has 2 aromatic carbocycles. The lowest BCUT2D eigenvalue weighted by Gasteiger charge is -2.13. The molecule has 1 heterocycles. The van der Waals surface area contributed by atoms with Gasteiger partial charge in [-0.2, -0.15) is 18.4 Å². The van der Waals surface area contributed by atoms with Crippen LogP contribution < -0.4 is 4.72 Å². The van der Waals surface area contributed by atoms with E-state index in [-0.39, 0.29) is 29.0 Å². The van der Waals surface area contributed by atoms with Crippen molar-refractivity contribution >= 4 is 15.7 Å². The number of H-pyrrole nitrogens is 1. The number of rotatable bonds is 5. The van der Waals surface area contributed by atoms with Gasteiger partial charge >= 0.3 is 6.18 Å². The van der Waals surface area contributed by atoms with E-state index in [1.54, 1.807) is 29.0 Å². The van der Waals surface area contributed by atoms with Crippen LogP contribution in [0.5, 0.6) is 0 Å². The van der Waals surface area contributed by atoms with Crippen LogP contribution in [0.3, 0.4) is 0 Å². The highest BCUT2D eigenvalue weighted by atomic mass is 32.2. The molecule has 0 aliphatic rings. The number of hydrogen-bond donors (Lipinski definition) is 2. The maximum Gasteiger partial charge on any atom is 0.419 e. The zero-order valence-corrected chi connectivity index (χ0v) is 15.7. The van der Waals surface area contributed by atoms with Crippen molar-refractivity contribution in [2.45, 2.75) is 17.5 Å². The summed E-state index contributed by atoms with van der Waals surface area (Å²) in [6.45, 7) is 0. The Morgan fingerprint density at radius 1 is 1.07 bits per heavy atom. The number of aromatic nitrogens is 1. The smallest absolute Gasteiger partial charge is 0.366 e. The van der Waals surface area contributed by atoms with Crippen molar-refractivity contribution < 1.29 is 30.4 Å². The molecule has 0 saturated carbocycles. The number of alkyl halides is 3. The van der Waals surface area contributed by atoms with E-state index in [0.29, 0.717) is 11.1 Å². The highest BCUT2D eigenvalue weighted by Crippen LogP contribution is 2.34. The number of nitrogens with zero attached hydrogens (tertiary/aromatic N) is 1. The van der Waals surface area contributed by atoms with E-state index in [0.717, 1.165) is 6.20 Å². The minimum atomic E-state index is -5.13. The molecule has 0 saturated heterocycles. The molecule has 1 aromatic heterocycles. The second kappa shape index (κ2) is 7.79. The van der Waals surface area contributed by atoms with Crippen LogP contribution in [-0.2, 0) is 22.6 Å². The van der Waals surface area contributed by atoms with Crippen LogP contribution in [0.1, 0.15) is 22.3 Å². The Labute approximate surface area is 167 Å². The third-order valence-corrected chi connectivity index (χ3v) is 5.58. The number of benzene rings is 2. The monoisotopic (exact) mass is 441 g/mol. The Morgan fingerprint density at radius 2 is 1.80 bits per heavy atom.